The molecular weight excluding hydrogens is 342 g/mol. The molecule has 0 bridgehead atoms. The molecule has 7 nitrogen and oxygen atoms in total. The standard InChI is InChI=1S/C17H16ClN5O2/c1-10-8-11(18)2-3-13(10)21-17(25)22-7-5-12-14(9-22)20-15-4-6-19-23(15)16(12)24/h2-4,6,8,19H,5,7,9H2,1H3,(H,21,25). The third kappa shape index (κ3) is 2.76. The van der Waals surface area contributed by atoms with E-state index in [4.69, 9.17) is 11.6 Å². The van der Waals surface area contributed by atoms with Crippen LogP contribution in [-0.2, 0) is 13.0 Å². The van der Waals surface area contributed by atoms with E-state index >= 15 is 0 Å². The Labute approximate surface area is 148 Å². The fourth-order valence-corrected chi connectivity index (χ4v) is 3.29. The first-order chi connectivity index (χ1) is 12.0. The number of carbonyl (C=O) groups excluding carboxylic acids is 1. The molecule has 0 unspecified atom stereocenters. The summed E-state index contributed by atoms with van der Waals surface area (Å²) in [5, 5.41) is 6.38. The number of nitrogens with zero attached hydrogens (tertiary/aromatic N) is 3. The highest BCUT2D eigenvalue weighted by Gasteiger charge is 2.25. The number of benzene rings is 1. The van der Waals surface area contributed by atoms with Gasteiger partial charge in [0.1, 0.15) is 0 Å². The lowest BCUT2D eigenvalue weighted by Crippen LogP contribution is -2.41. The van der Waals surface area contributed by atoms with E-state index in [0.717, 1.165) is 5.56 Å². The number of hydrogen-bond acceptors (Lipinski definition) is 3. The Balaban J connectivity index is 1.58. The van der Waals surface area contributed by atoms with Crippen molar-refractivity contribution in [1.29, 1.82) is 0 Å². The average molecular weight is 358 g/mol. The number of urea groups is 1. The van der Waals surface area contributed by atoms with Crippen molar-refractivity contribution in [3.63, 3.8) is 0 Å². The van der Waals surface area contributed by atoms with Crippen molar-refractivity contribution in [3.05, 3.63) is 62.7 Å². The van der Waals surface area contributed by atoms with Crippen LogP contribution in [0.2, 0.25) is 5.02 Å². The van der Waals surface area contributed by atoms with E-state index in [0.29, 0.717) is 47.1 Å². The summed E-state index contributed by atoms with van der Waals surface area (Å²) < 4.78 is 1.42. The van der Waals surface area contributed by atoms with Gasteiger partial charge in [-0.15, -0.1) is 0 Å². The number of fused-ring (bicyclic) bond motifs is 2. The van der Waals surface area contributed by atoms with E-state index in [1.807, 2.05) is 6.92 Å². The van der Waals surface area contributed by atoms with E-state index in [1.165, 1.54) is 4.52 Å². The predicted octanol–water partition coefficient (Wildman–Crippen LogP) is 2.57. The molecule has 3 heterocycles. The molecule has 0 saturated heterocycles. The van der Waals surface area contributed by atoms with E-state index in [9.17, 15) is 9.59 Å². The molecular formula is C17H16ClN5O2. The van der Waals surface area contributed by atoms with Crippen molar-refractivity contribution in [1.82, 2.24) is 19.5 Å². The molecule has 0 aliphatic carbocycles. The molecule has 0 fully saturated rings. The summed E-state index contributed by atoms with van der Waals surface area (Å²) in [5.74, 6) is 0. The van der Waals surface area contributed by atoms with E-state index in [1.54, 1.807) is 35.4 Å². The van der Waals surface area contributed by atoms with Crippen LogP contribution >= 0.6 is 11.6 Å². The van der Waals surface area contributed by atoms with E-state index in [-0.39, 0.29) is 11.6 Å². The molecule has 2 amide bonds. The number of anilines is 1. The first-order valence-corrected chi connectivity index (χ1v) is 8.31. The maximum Gasteiger partial charge on any atom is 0.322 e. The zero-order valence-corrected chi connectivity index (χ0v) is 14.3. The molecule has 0 atom stereocenters. The second-order valence-electron chi connectivity index (χ2n) is 6.06. The summed E-state index contributed by atoms with van der Waals surface area (Å²) >= 11 is 5.95. The summed E-state index contributed by atoms with van der Waals surface area (Å²) in [7, 11) is 0. The van der Waals surface area contributed by atoms with Crippen LogP contribution in [0.5, 0.6) is 0 Å². The van der Waals surface area contributed by atoms with Gasteiger partial charge in [0, 0.05) is 35.1 Å². The zero-order chi connectivity index (χ0) is 17.6. The van der Waals surface area contributed by atoms with Crippen LogP contribution in [0.15, 0.2) is 35.3 Å². The molecule has 8 heteroatoms. The van der Waals surface area contributed by atoms with E-state index < -0.39 is 0 Å². The Morgan fingerprint density at radius 1 is 1.36 bits per heavy atom. The highest BCUT2D eigenvalue weighted by Crippen LogP contribution is 2.21. The Morgan fingerprint density at radius 2 is 2.20 bits per heavy atom. The number of aromatic nitrogens is 3. The van der Waals surface area contributed by atoms with Gasteiger partial charge in [-0.05, 0) is 37.1 Å². The van der Waals surface area contributed by atoms with Crippen molar-refractivity contribution < 1.29 is 4.79 Å². The van der Waals surface area contributed by atoms with Crippen molar-refractivity contribution in [3.8, 4) is 0 Å². The molecule has 0 radical (unpaired) electrons. The Hall–Kier alpha value is -2.80. The lowest BCUT2D eigenvalue weighted by molar-refractivity contribution is 0.205. The molecule has 25 heavy (non-hydrogen) atoms. The van der Waals surface area contributed by atoms with Gasteiger partial charge in [0.15, 0.2) is 5.65 Å². The summed E-state index contributed by atoms with van der Waals surface area (Å²) in [6, 6.07) is 6.83. The molecule has 2 N–H and O–H groups in total. The van der Waals surface area contributed by atoms with Gasteiger partial charge in [-0.3, -0.25) is 9.89 Å². The Kier molecular flexibility index (Phi) is 3.73. The largest absolute Gasteiger partial charge is 0.322 e. The summed E-state index contributed by atoms with van der Waals surface area (Å²) in [6.07, 6.45) is 2.15. The van der Waals surface area contributed by atoms with Crippen LogP contribution in [0.4, 0.5) is 10.5 Å². The van der Waals surface area contributed by atoms with Crippen LogP contribution in [0, 0.1) is 6.92 Å². The molecule has 1 aliphatic rings. The molecule has 1 aliphatic heterocycles. The number of halogens is 1. The van der Waals surface area contributed by atoms with Crippen molar-refractivity contribution in [2.45, 2.75) is 19.9 Å². The number of carbonyl (C=O) groups is 1. The predicted molar refractivity (Wildman–Crippen MR) is 95.1 cm³/mol. The number of H-pyrrole nitrogens is 1. The maximum atomic E-state index is 12.6. The van der Waals surface area contributed by atoms with Crippen LogP contribution in [0.25, 0.3) is 5.65 Å². The molecule has 4 rings (SSSR count). The number of rotatable bonds is 1. The van der Waals surface area contributed by atoms with Crippen LogP contribution in [-0.4, -0.2) is 32.1 Å². The van der Waals surface area contributed by atoms with Gasteiger partial charge in [0.05, 0.1) is 12.2 Å². The minimum absolute atomic E-state index is 0.0985. The fourth-order valence-electron chi connectivity index (χ4n) is 3.06. The maximum absolute atomic E-state index is 12.6. The van der Waals surface area contributed by atoms with Gasteiger partial charge in [-0.1, -0.05) is 11.6 Å². The minimum Gasteiger partial charge on any atom is -0.318 e. The second-order valence-corrected chi connectivity index (χ2v) is 6.50. The molecule has 0 spiro atoms. The Bertz CT molecular complexity index is 1040. The number of aryl methyl sites for hydroxylation is 1. The summed E-state index contributed by atoms with van der Waals surface area (Å²) in [6.45, 7) is 2.66. The van der Waals surface area contributed by atoms with Gasteiger partial charge in [0.2, 0.25) is 0 Å². The fraction of sp³-hybridized carbons (Fsp3) is 0.235. The SMILES string of the molecule is Cc1cc(Cl)ccc1NC(=O)N1CCc2c(nc3cc[nH]n3c2=O)C1. The lowest BCUT2D eigenvalue weighted by Gasteiger charge is -2.28. The number of nitrogens with one attached hydrogen (secondary N) is 2. The van der Waals surface area contributed by atoms with E-state index in [2.05, 4.69) is 15.4 Å². The first-order valence-electron chi connectivity index (χ1n) is 7.93. The number of amides is 2. The number of aromatic amines is 1. The lowest BCUT2D eigenvalue weighted by atomic mass is 10.1. The number of hydrogen-bond donors (Lipinski definition) is 2. The molecule has 1 aromatic carbocycles. The van der Waals surface area contributed by atoms with Gasteiger partial charge < -0.3 is 10.2 Å². The monoisotopic (exact) mass is 357 g/mol. The smallest absolute Gasteiger partial charge is 0.318 e. The van der Waals surface area contributed by atoms with Gasteiger partial charge in [0.25, 0.3) is 5.56 Å². The van der Waals surface area contributed by atoms with Gasteiger partial charge in [-0.2, -0.15) is 0 Å². The highest BCUT2D eigenvalue weighted by molar-refractivity contribution is 6.30. The third-order valence-corrected chi connectivity index (χ3v) is 4.65. The molecule has 2 aromatic heterocycles. The quantitative estimate of drug-likeness (QED) is 0.702. The topological polar surface area (TPSA) is 82.5 Å². The summed E-state index contributed by atoms with van der Waals surface area (Å²) in [5.41, 5.74) is 3.38. The van der Waals surface area contributed by atoms with Crippen LogP contribution in [0.1, 0.15) is 16.8 Å². The molecule has 0 saturated carbocycles. The van der Waals surface area contributed by atoms with Crippen LogP contribution in [0.3, 0.4) is 0 Å². The third-order valence-electron chi connectivity index (χ3n) is 4.41. The normalized spacial score (nSPS) is 13.8. The highest BCUT2D eigenvalue weighted by atomic mass is 35.5. The van der Waals surface area contributed by atoms with Crippen molar-refractivity contribution in [2.75, 3.05) is 11.9 Å². The zero-order valence-electron chi connectivity index (χ0n) is 13.5. The van der Waals surface area contributed by atoms with Crippen molar-refractivity contribution in [2.24, 2.45) is 0 Å². The minimum atomic E-state index is -0.216. The molecule has 128 valence electrons. The Morgan fingerprint density at radius 3 is 3.00 bits per heavy atom. The average Bonchev–Trinajstić information content (AvgIpc) is 3.05. The molecule has 3 aromatic rings. The van der Waals surface area contributed by atoms with Crippen LogP contribution < -0.4 is 10.9 Å². The van der Waals surface area contributed by atoms with Crippen molar-refractivity contribution >= 4 is 29.0 Å². The summed E-state index contributed by atoms with van der Waals surface area (Å²) in [4.78, 5) is 31.2. The van der Waals surface area contributed by atoms with Gasteiger partial charge in [-0.25, -0.2) is 14.3 Å². The second kappa shape index (κ2) is 5.93. The first kappa shape index (κ1) is 15.7. The van der Waals surface area contributed by atoms with Gasteiger partial charge >= 0.3 is 6.03 Å².